The number of aliphatic hydroxyl groups excluding tert-OH is 2. The average Bonchev–Trinajstić information content (AvgIpc) is 2.77. The highest BCUT2D eigenvalue weighted by molar-refractivity contribution is 5.85. The van der Waals surface area contributed by atoms with Crippen LogP contribution in [0.15, 0.2) is 24.3 Å². The topological polar surface area (TPSA) is 95.6 Å². The lowest BCUT2D eigenvalue weighted by Crippen LogP contribution is -2.30. The molecule has 3 atom stereocenters. The Labute approximate surface area is 124 Å². The minimum absolute atomic E-state index is 0. The molecule has 0 bridgehead atoms. The molecule has 1 saturated carbocycles. The van der Waals surface area contributed by atoms with E-state index >= 15 is 0 Å². The van der Waals surface area contributed by atoms with E-state index in [2.05, 4.69) is 5.32 Å². The number of benzene rings is 1. The molecule has 1 aromatic rings. The number of rotatable bonds is 4. The van der Waals surface area contributed by atoms with Crippen LogP contribution in [0.3, 0.4) is 0 Å². The van der Waals surface area contributed by atoms with Crippen LogP contribution in [-0.4, -0.2) is 28.3 Å². The van der Waals surface area contributed by atoms with Crippen LogP contribution in [0.25, 0.3) is 0 Å². The first kappa shape index (κ1) is 16.9. The third kappa shape index (κ3) is 4.18. The summed E-state index contributed by atoms with van der Waals surface area (Å²) in [5.41, 5.74) is 7.52. The Hall–Kier alpha value is -1.14. The van der Waals surface area contributed by atoms with Crippen molar-refractivity contribution in [1.29, 1.82) is 0 Å². The standard InChI is InChI=1S/C14H20N2O3.ClH/c15-12-5-11(6-13(12)18)14(19)16-7-9-1-3-10(8-17)4-2-9;/h1-4,11-13,17-18H,5-8,15H2,(H,16,19);1H/t11-,12+,13+;/m0./s1. The Morgan fingerprint density at radius 3 is 2.35 bits per heavy atom. The third-order valence-electron chi connectivity index (χ3n) is 3.62. The quantitative estimate of drug-likeness (QED) is 0.644. The summed E-state index contributed by atoms with van der Waals surface area (Å²) in [6, 6.07) is 7.12. The number of halogens is 1. The fourth-order valence-electron chi connectivity index (χ4n) is 2.36. The first-order valence-corrected chi connectivity index (χ1v) is 6.50. The van der Waals surface area contributed by atoms with Gasteiger partial charge in [0.2, 0.25) is 5.91 Å². The summed E-state index contributed by atoms with van der Waals surface area (Å²) >= 11 is 0. The van der Waals surface area contributed by atoms with Gasteiger partial charge in [0.1, 0.15) is 0 Å². The highest BCUT2D eigenvalue weighted by Gasteiger charge is 2.34. The molecule has 1 aromatic carbocycles. The Kier molecular flexibility index (Phi) is 6.42. The van der Waals surface area contributed by atoms with Gasteiger partial charge in [-0.05, 0) is 24.0 Å². The fourth-order valence-corrected chi connectivity index (χ4v) is 2.36. The summed E-state index contributed by atoms with van der Waals surface area (Å²) in [5, 5.41) is 21.3. The van der Waals surface area contributed by atoms with E-state index in [1.165, 1.54) is 0 Å². The Balaban J connectivity index is 0.00000200. The number of hydrogen-bond acceptors (Lipinski definition) is 4. The molecule has 1 aliphatic rings. The maximum Gasteiger partial charge on any atom is 0.223 e. The van der Waals surface area contributed by atoms with Gasteiger partial charge in [0.25, 0.3) is 0 Å². The van der Waals surface area contributed by atoms with Crippen LogP contribution in [0.2, 0.25) is 0 Å². The van der Waals surface area contributed by atoms with Gasteiger partial charge in [-0.25, -0.2) is 0 Å². The second kappa shape index (κ2) is 7.59. The molecule has 1 fully saturated rings. The molecule has 0 saturated heterocycles. The molecule has 5 nitrogen and oxygen atoms in total. The predicted molar refractivity (Wildman–Crippen MR) is 78.2 cm³/mol. The van der Waals surface area contributed by atoms with Crippen molar-refractivity contribution in [2.45, 2.75) is 38.1 Å². The Bertz CT molecular complexity index is 429. The normalized spacial score (nSPS) is 25.1. The van der Waals surface area contributed by atoms with Crippen molar-refractivity contribution in [2.24, 2.45) is 11.7 Å². The first-order valence-electron chi connectivity index (χ1n) is 6.50. The lowest BCUT2D eigenvalue weighted by Gasteiger charge is -2.10. The van der Waals surface area contributed by atoms with Crippen LogP contribution < -0.4 is 11.1 Å². The molecular weight excluding hydrogens is 280 g/mol. The fraction of sp³-hybridized carbons (Fsp3) is 0.500. The number of carbonyl (C=O) groups is 1. The SMILES string of the molecule is Cl.N[C@@H]1C[C@H](C(=O)NCc2ccc(CO)cc2)C[C@H]1O. The van der Waals surface area contributed by atoms with E-state index in [0.29, 0.717) is 19.4 Å². The largest absolute Gasteiger partial charge is 0.392 e. The summed E-state index contributed by atoms with van der Waals surface area (Å²) in [5.74, 6) is -0.250. The van der Waals surface area contributed by atoms with Gasteiger partial charge in [0, 0.05) is 18.5 Å². The summed E-state index contributed by atoms with van der Waals surface area (Å²) in [6.07, 6.45) is 0.409. The van der Waals surface area contributed by atoms with Gasteiger partial charge >= 0.3 is 0 Å². The lowest BCUT2D eigenvalue weighted by molar-refractivity contribution is -0.125. The van der Waals surface area contributed by atoms with E-state index in [1.54, 1.807) is 0 Å². The summed E-state index contributed by atoms with van der Waals surface area (Å²) in [7, 11) is 0. The van der Waals surface area contributed by atoms with Gasteiger partial charge in [-0.1, -0.05) is 24.3 Å². The summed E-state index contributed by atoms with van der Waals surface area (Å²) in [6.45, 7) is 0.469. The second-order valence-corrected chi connectivity index (χ2v) is 5.09. The van der Waals surface area contributed by atoms with Gasteiger partial charge in [-0.15, -0.1) is 12.4 Å². The maximum absolute atomic E-state index is 11.9. The minimum atomic E-state index is -0.570. The van der Waals surface area contributed by atoms with Crippen molar-refractivity contribution in [3.63, 3.8) is 0 Å². The number of nitrogens with one attached hydrogen (secondary N) is 1. The Morgan fingerprint density at radius 1 is 1.25 bits per heavy atom. The molecule has 6 heteroatoms. The molecule has 1 amide bonds. The number of aliphatic hydroxyl groups is 2. The van der Waals surface area contributed by atoms with Crippen LogP contribution in [0.5, 0.6) is 0 Å². The number of carbonyl (C=O) groups excluding carboxylic acids is 1. The van der Waals surface area contributed by atoms with Crippen molar-refractivity contribution in [1.82, 2.24) is 5.32 Å². The zero-order valence-corrected chi connectivity index (χ0v) is 12.0. The van der Waals surface area contributed by atoms with Crippen molar-refractivity contribution < 1.29 is 15.0 Å². The monoisotopic (exact) mass is 300 g/mol. The summed E-state index contributed by atoms with van der Waals surface area (Å²) in [4.78, 5) is 11.9. The molecule has 0 radical (unpaired) electrons. The molecule has 0 spiro atoms. The second-order valence-electron chi connectivity index (χ2n) is 5.09. The zero-order valence-electron chi connectivity index (χ0n) is 11.2. The molecule has 20 heavy (non-hydrogen) atoms. The lowest BCUT2D eigenvalue weighted by atomic mass is 10.1. The zero-order chi connectivity index (χ0) is 13.8. The highest BCUT2D eigenvalue weighted by atomic mass is 35.5. The first-order chi connectivity index (χ1) is 9.10. The van der Waals surface area contributed by atoms with Crippen molar-refractivity contribution >= 4 is 18.3 Å². The molecule has 5 N–H and O–H groups in total. The Morgan fingerprint density at radius 2 is 1.85 bits per heavy atom. The van der Waals surface area contributed by atoms with Gasteiger partial charge in [0.15, 0.2) is 0 Å². The van der Waals surface area contributed by atoms with Crippen molar-refractivity contribution in [2.75, 3.05) is 0 Å². The highest BCUT2D eigenvalue weighted by Crippen LogP contribution is 2.24. The van der Waals surface area contributed by atoms with Crippen molar-refractivity contribution in [3.05, 3.63) is 35.4 Å². The molecule has 0 unspecified atom stereocenters. The molecule has 1 aliphatic carbocycles. The van der Waals surface area contributed by atoms with Crippen LogP contribution >= 0.6 is 12.4 Å². The molecule has 0 aliphatic heterocycles. The van der Waals surface area contributed by atoms with E-state index in [1.807, 2.05) is 24.3 Å². The molecule has 2 rings (SSSR count). The van der Waals surface area contributed by atoms with E-state index in [0.717, 1.165) is 11.1 Å². The van der Waals surface area contributed by atoms with Crippen molar-refractivity contribution in [3.8, 4) is 0 Å². The van der Waals surface area contributed by atoms with Gasteiger partial charge in [-0.3, -0.25) is 4.79 Å². The van der Waals surface area contributed by atoms with Gasteiger partial charge in [0.05, 0.1) is 12.7 Å². The molecule has 112 valence electrons. The average molecular weight is 301 g/mol. The third-order valence-corrected chi connectivity index (χ3v) is 3.62. The van der Waals surface area contributed by atoms with Crippen LogP contribution in [0.4, 0.5) is 0 Å². The number of amides is 1. The van der Waals surface area contributed by atoms with E-state index in [4.69, 9.17) is 10.8 Å². The maximum atomic E-state index is 11.9. The predicted octanol–water partition coefficient (Wildman–Crippen LogP) is 0.315. The van der Waals surface area contributed by atoms with Gasteiger partial charge < -0.3 is 21.3 Å². The minimum Gasteiger partial charge on any atom is -0.392 e. The number of nitrogens with two attached hydrogens (primary N) is 1. The smallest absolute Gasteiger partial charge is 0.223 e. The van der Waals surface area contributed by atoms with Crippen LogP contribution in [-0.2, 0) is 17.9 Å². The molecular formula is C14H21ClN2O3. The van der Waals surface area contributed by atoms with E-state index < -0.39 is 6.10 Å². The molecule has 0 aromatic heterocycles. The van der Waals surface area contributed by atoms with E-state index in [-0.39, 0.29) is 36.9 Å². The van der Waals surface area contributed by atoms with Gasteiger partial charge in [-0.2, -0.15) is 0 Å². The summed E-state index contributed by atoms with van der Waals surface area (Å²) < 4.78 is 0. The number of hydrogen-bond donors (Lipinski definition) is 4. The van der Waals surface area contributed by atoms with Crippen LogP contribution in [0.1, 0.15) is 24.0 Å². The van der Waals surface area contributed by atoms with Crippen LogP contribution in [0, 0.1) is 5.92 Å². The van der Waals surface area contributed by atoms with E-state index in [9.17, 15) is 9.90 Å². The molecule has 0 heterocycles.